The average molecular weight is 227 g/mol. The highest BCUT2D eigenvalue weighted by Crippen LogP contribution is 2.21. The summed E-state index contributed by atoms with van der Waals surface area (Å²) >= 11 is 0. The Labute approximate surface area is 98.6 Å². The number of ether oxygens (including phenoxy) is 1. The minimum atomic E-state index is -0.138. The van der Waals surface area contributed by atoms with Crippen LogP contribution in [-0.2, 0) is 4.74 Å². The molecule has 2 rings (SSSR count). The molecule has 1 saturated heterocycles. The van der Waals surface area contributed by atoms with Crippen LogP contribution in [0.15, 0.2) is 0 Å². The zero-order chi connectivity index (χ0) is 11.4. The van der Waals surface area contributed by atoms with Gasteiger partial charge < -0.3 is 15.2 Å². The Kier molecular flexibility index (Phi) is 4.62. The van der Waals surface area contributed by atoms with Gasteiger partial charge in [-0.1, -0.05) is 12.8 Å². The van der Waals surface area contributed by atoms with Crippen LogP contribution in [0, 0.1) is 0 Å². The predicted octanol–water partition coefficient (Wildman–Crippen LogP) is 1.84. The van der Waals surface area contributed by atoms with Crippen LogP contribution in [0.1, 0.15) is 51.9 Å². The van der Waals surface area contributed by atoms with E-state index in [1.54, 1.807) is 0 Å². The Balaban J connectivity index is 1.70. The van der Waals surface area contributed by atoms with E-state index in [0.717, 1.165) is 25.9 Å². The topological polar surface area (TPSA) is 41.5 Å². The van der Waals surface area contributed by atoms with Crippen molar-refractivity contribution in [3.8, 4) is 0 Å². The molecule has 3 nitrogen and oxygen atoms in total. The average Bonchev–Trinajstić information content (AvgIpc) is 2.74. The first kappa shape index (κ1) is 12.3. The molecule has 3 heteroatoms. The van der Waals surface area contributed by atoms with Gasteiger partial charge in [-0.2, -0.15) is 0 Å². The van der Waals surface area contributed by atoms with Gasteiger partial charge in [0.25, 0.3) is 0 Å². The van der Waals surface area contributed by atoms with E-state index >= 15 is 0 Å². The van der Waals surface area contributed by atoms with Crippen molar-refractivity contribution in [2.24, 2.45) is 0 Å². The minimum absolute atomic E-state index is 0.138. The summed E-state index contributed by atoms with van der Waals surface area (Å²) in [7, 11) is 0. The maximum absolute atomic E-state index is 9.88. The number of nitrogens with one attached hydrogen (secondary N) is 1. The van der Waals surface area contributed by atoms with Crippen LogP contribution in [0.2, 0.25) is 0 Å². The molecule has 4 unspecified atom stereocenters. The Hall–Kier alpha value is -0.120. The van der Waals surface area contributed by atoms with Crippen molar-refractivity contribution >= 4 is 0 Å². The normalized spacial score (nSPS) is 37.5. The van der Waals surface area contributed by atoms with Gasteiger partial charge in [0.15, 0.2) is 0 Å². The lowest BCUT2D eigenvalue weighted by atomic mass is 9.91. The van der Waals surface area contributed by atoms with Gasteiger partial charge in [0.05, 0.1) is 12.2 Å². The van der Waals surface area contributed by atoms with Crippen molar-refractivity contribution in [2.45, 2.75) is 76.2 Å². The largest absolute Gasteiger partial charge is 0.392 e. The van der Waals surface area contributed by atoms with Gasteiger partial charge in [0, 0.05) is 18.7 Å². The molecular formula is C13H25NO2. The summed E-state index contributed by atoms with van der Waals surface area (Å²) in [5.41, 5.74) is 0. The molecule has 2 N–H and O–H groups in total. The molecule has 1 saturated carbocycles. The molecule has 0 aromatic heterocycles. The van der Waals surface area contributed by atoms with Crippen LogP contribution in [0.4, 0.5) is 0 Å². The van der Waals surface area contributed by atoms with E-state index in [1.807, 2.05) is 0 Å². The molecule has 2 aliphatic rings. The molecule has 0 spiro atoms. The van der Waals surface area contributed by atoms with E-state index in [1.165, 1.54) is 25.7 Å². The SMILES string of the molecule is CC(CC1CCCO1)NC1CCCCC1O. The van der Waals surface area contributed by atoms with Crippen molar-refractivity contribution in [2.75, 3.05) is 6.61 Å². The van der Waals surface area contributed by atoms with Crippen LogP contribution in [0.5, 0.6) is 0 Å². The smallest absolute Gasteiger partial charge is 0.0693 e. The third-order valence-corrected chi connectivity index (χ3v) is 3.87. The minimum Gasteiger partial charge on any atom is -0.392 e. The van der Waals surface area contributed by atoms with E-state index in [9.17, 15) is 5.11 Å². The predicted molar refractivity (Wildman–Crippen MR) is 64.5 cm³/mol. The van der Waals surface area contributed by atoms with Gasteiger partial charge in [-0.3, -0.25) is 0 Å². The van der Waals surface area contributed by atoms with E-state index in [2.05, 4.69) is 12.2 Å². The zero-order valence-electron chi connectivity index (χ0n) is 10.3. The van der Waals surface area contributed by atoms with E-state index in [4.69, 9.17) is 4.74 Å². The van der Waals surface area contributed by atoms with Gasteiger partial charge in [0.1, 0.15) is 0 Å². The van der Waals surface area contributed by atoms with Crippen molar-refractivity contribution < 1.29 is 9.84 Å². The molecule has 0 amide bonds. The molecular weight excluding hydrogens is 202 g/mol. The maximum atomic E-state index is 9.88. The van der Waals surface area contributed by atoms with Gasteiger partial charge >= 0.3 is 0 Å². The number of hydrogen-bond donors (Lipinski definition) is 2. The molecule has 0 bridgehead atoms. The molecule has 1 heterocycles. The molecule has 1 aliphatic heterocycles. The molecule has 94 valence electrons. The molecule has 2 fully saturated rings. The Morgan fingerprint density at radius 2 is 2.06 bits per heavy atom. The van der Waals surface area contributed by atoms with Crippen molar-refractivity contribution in [1.29, 1.82) is 0 Å². The van der Waals surface area contributed by atoms with E-state index in [-0.39, 0.29) is 6.10 Å². The second-order valence-corrected chi connectivity index (χ2v) is 5.40. The highest BCUT2D eigenvalue weighted by Gasteiger charge is 2.25. The summed E-state index contributed by atoms with van der Waals surface area (Å²) in [5, 5.41) is 13.5. The second kappa shape index (κ2) is 5.99. The third-order valence-electron chi connectivity index (χ3n) is 3.87. The maximum Gasteiger partial charge on any atom is 0.0693 e. The molecule has 0 aromatic carbocycles. The van der Waals surface area contributed by atoms with Crippen molar-refractivity contribution in [3.05, 3.63) is 0 Å². The van der Waals surface area contributed by atoms with Crippen LogP contribution in [0.3, 0.4) is 0 Å². The Bertz CT molecular complexity index is 204. The van der Waals surface area contributed by atoms with Crippen LogP contribution in [-0.4, -0.2) is 36.0 Å². The summed E-state index contributed by atoms with van der Waals surface area (Å²) < 4.78 is 5.64. The second-order valence-electron chi connectivity index (χ2n) is 5.40. The van der Waals surface area contributed by atoms with Gasteiger partial charge in [-0.15, -0.1) is 0 Å². The molecule has 16 heavy (non-hydrogen) atoms. The highest BCUT2D eigenvalue weighted by atomic mass is 16.5. The third kappa shape index (κ3) is 3.44. The lowest BCUT2D eigenvalue weighted by Gasteiger charge is -2.31. The zero-order valence-corrected chi connectivity index (χ0v) is 10.3. The monoisotopic (exact) mass is 227 g/mol. The van der Waals surface area contributed by atoms with Crippen molar-refractivity contribution in [1.82, 2.24) is 5.32 Å². The number of hydrogen-bond acceptors (Lipinski definition) is 3. The first-order valence-corrected chi connectivity index (χ1v) is 6.81. The molecule has 4 atom stereocenters. The molecule has 0 radical (unpaired) electrons. The van der Waals surface area contributed by atoms with Crippen LogP contribution < -0.4 is 5.32 Å². The highest BCUT2D eigenvalue weighted by molar-refractivity contribution is 4.83. The summed E-state index contributed by atoms with van der Waals surface area (Å²) in [6.07, 6.45) is 8.33. The quantitative estimate of drug-likeness (QED) is 0.770. The lowest BCUT2D eigenvalue weighted by Crippen LogP contribution is -2.46. The van der Waals surface area contributed by atoms with Gasteiger partial charge in [-0.25, -0.2) is 0 Å². The summed E-state index contributed by atoms with van der Waals surface area (Å²) in [5.74, 6) is 0. The van der Waals surface area contributed by atoms with Gasteiger partial charge in [0.2, 0.25) is 0 Å². The fourth-order valence-electron chi connectivity index (χ4n) is 2.96. The van der Waals surface area contributed by atoms with Crippen LogP contribution >= 0.6 is 0 Å². The fourth-order valence-corrected chi connectivity index (χ4v) is 2.96. The summed E-state index contributed by atoms with van der Waals surface area (Å²) in [4.78, 5) is 0. The number of rotatable bonds is 4. The van der Waals surface area contributed by atoms with E-state index in [0.29, 0.717) is 18.2 Å². The number of aliphatic hydroxyl groups excluding tert-OH is 1. The number of aliphatic hydroxyl groups is 1. The fraction of sp³-hybridized carbons (Fsp3) is 1.00. The summed E-state index contributed by atoms with van der Waals surface area (Å²) in [6.45, 7) is 3.15. The Morgan fingerprint density at radius 1 is 1.25 bits per heavy atom. The first-order chi connectivity index (χ1) is 7.75. The van der Waals surface area contributed by atoms with Crippen LogP contribution in [0.25, 0.3) is 0 Å². The van der Waals surface area contributed by atoms with E-state index < -0.39 is 0 Å². The molecule has 0 aromatic rings. The standard InChI is InChI=1S/C13H25NO2/c1-10(9-11-5-4-8-16-11)14-12-6-2-3-7-13(12)15/h10-15H,2-9H2,1H3. The van der Waals surface area contributed by atoms with Crippen molar-refractivity contribution in [3.63, 3.8) is 0 Å². The first-order valence-electron chi connectivity index (χ1n) is 6.81. The Morgan fingerprint density at radius 3 is 2.75 bits per heavy atom. The summed E-state index contributed by atoms with van der Waals surface area (Å²) in [6, 6.07) is 0.769. The molecule has 1 aliphatic carbocycles. The lowest BCUT2D eigenvalue weighted by molar-refractivity contribution is 0.0693. The van der Waals surface area contributed by atoms with Gasteiger partial charge in [-0.05, 0) is 39.0 Å².